The first-order chi connectivity index (χ1) is 19.9. The van der Waals surface area contributed by atoms with Gasteiger partial charge >= 0.3 is 12.1 Å². The van der Waals surface area contributed by atoms with Crippen molar-refractivity contribution >= 4 is 12.1 Å². The Hall–Kier alpha value is -3.01. The zero-order chi connectivity index (χ0) is 30.9. The zero-order valence-electron chi connectivity index (χ0n) is 26.0. The highest BCUT2D eigenvalue weighted by Crippen LogP contribution is 2.27. The van der Waals surface area contributed by atoms with Gasteiger partial charge in [-0.2, -0.15) is 0 Å². The molecule has 9 nitrogen and oxygen atoms in total. The molecular formula is C33H49N3O6. The Balaban J connectivity index is 1.79. The van der Waals surface area contributed by atoms with Crippen LogP contribution in [0.15, 0.2) is 60.3 Å². The number of esters is 1. The van der Waals surface area contributed by atoms with Crippen LogP contribution in [-0.4, -0.2) is 93.2 Å². The van der Waals surface area contributed by atoms with Crippen LogP contribution in [0, 0.1) is 5.92 Å². The molecule has 1 saturated heterocycles. The van der Waals surface area contributed by atoms with Crippen LogP contribution in [0.3, 0.4) is 0 Å². The van der Waals surface area contributed by atoms with Crippen LogP contribution in [0.25, 0.3) is 0 Å². The summed E-state index contributed by atoms with van der Waals surface area (Å²) in [6, 6.07) is 6.22. The van der Waals surface area contributed by atoms with Gasteiger partial charge in [0.25, 0.3) is 0 Å². The van der Waals surface area contributed by atoms with E-state index in [0.717, 1.165) is 24.4 Å². The number of aliphatic hydroxyl groups is 2. The summed E-state index contributed by atoms with van der Waals surface area (Å²) in [6.45, 7) is 14.4. The van der Waals surface area contributed by atoms with E-state index in [0.29, 0.717) is 19.1 Å². The van der Waals surface area contributed by atoms with E-state index in [4.69, 9.17) is 9.47 Å². The number of carbonyl (C=O) groups is 2. The molecule has 1 amide bonds. The molecule has 42 heavy (non-hydrogen) atoms. The van der Waals surface area contributed by atoms with Crippen molar-refractivity contribution in [3.05, 3.63) is 66.0 Å². The van der Waals surface area contributed by atoms with Gasteiger partial charge in [0.1, 0.15) is 11.7 Å². The minimum Gasteiger partial charge on any atom is -0.457 e. The maximum atomic E-state index is 13.1. The van der Waals surface area contributed by atoms with Crippen molar-refractivity contribution in [1.29, 1.82) is 0 Å². The zero-order valence-corrected chi connectivity index (χ0v) is 26.0. The van der Waals surface area contributed by atoms with E-state index < -0.39 is 36.0 Å². The molecule has 0 bridgehead atoms. The smallest absolute Gasteiger partial charge is 0.410 e. The number of rotatable bonds is 6. The molecule has 0 radical (unpaired) electrons. The van der Waals surface area contributed by atoms with Gasteiger partial charge in [-0.1, -0.05) is 44.2 Å². The third-order valence-corrected chi connectivity index (χ3v) is 8.22. The topological polar surface area (TPSA) is 112 Å². The third-order valence-electron chi connectivity index (χ3n) is 8.22. The highest BCUT2D eigenvalue weighted by Gasteiger charge is 2.37. The fourth-order valence-corrected chi connectivity index (χ4v) is 5.27. The van der Waals surface area contributed by atoms with E-state index in [9.17, 15) is 19.8 Å². The molecule has 1 aromatic heterocycles. The number of pyridine rings is 1. The van der Waals surface area contributed by atoms with Gasteiger partial charge in [-0.15, -0.1) is 0 Å². The summed E-state index contributed by atoms with van der Waals surface area (Å²) in [4.78, 5) is 34.3. The maximum Gasteiger partial charge on any atom is 0.410 e. The summed E-state index contributed by atoms with van der Waals surface area (Å²) >= 11 is 0. The van der Waals surface area contributed by atoms with E-state index in [1.54, 1.807) is 24.1 Å². The number of ether oxygens (including phenoxy) is 2. The van der Waals surface area contributed by atoms with Crippen LogP contribution in [0.1, 0.15) is 72.4 Å². The number of piperazine rings is 1. The number of hydrogen-bond donors (Lipinski definition) is 2. The molecular weight excluding hydrogens is 534 g/mol. The highest BCUT2D eigenvalue weighted by molar-refractivity contribution is 5.70. The summed E-state index contributed by atoms with van der Waals surface area (Å²) in [7, 11) is 0. The van der Waals surface area contributed by atoms with Crippen molar-refractivity contribution in [2.24, 2.45) is 5.92 Å². The molecule has 2 aliphatic rings. The maximum absolute atomic E-state index is 13.1. The van der Waals surface area contributed by atoms with E-state index >= 15 is 0 Å². The van der Waals surface area contributed by atoms with Crippen LogP contribution in [0.2, 0.25) is 0 Å². The lowest BCUT2D eigenvalue weighted by Crippen LogP contribution is -2.52. The van der Waals surface area contributed by atoms with Crippen LogP contribution in [0.5, 0.6) is 0 Å². The quantitative estimate of drug-likeness (QED) is 0.284. The number of nitrogens with zero attached hydrogens (tertiary/aromatic N) is 3. The highest BCUT2D eigenvalue weighted by atomic mass is 16.6. The summed E-state index contributed by atoms with van der Waals surface area (Å²) in [5.74, 6) is -0.697. The molecule has 6 atom stereocenters. The molecule has 3 rings (SSSR count). The lowest BCUT2D eigenvalue weighted by Gasteiger charge is -2.38. The van der Waals surface area contributed by atoms with Crippen molar-refractivity contribution in [3.8, 4) is 0 Å². The second-order valence-corrected chi connectivity index (χ2v) is 12.2. The van der Waals surface area contributed by atoms with Crippen molar-refractivity contribution < 1.29 is 29.3 Å². The first kappa shape index (κ1) is 33.5. The number of aliphatic hydroxyl groups excluding tert-OH is 1. The number of hydrogen-bond acceptors (Lipinski definition) is 8. The van der Waals surface area contributed by atoms with Gasteiger partial charge in [0.05, 0.1) is 12.5 Å². The molecule has 0 saturated carbocycles. The summed E-state index contributed by atoms with van der Waals surface area (Å²) < 4.78 is 11.7. The Morgan fingerprint density at radius 1 is 1.19 bits per heavy atom. The van der Waals surface area contributed by atoms with Crippen molar-refractivity contribution in [2.45, 2.75) is 96.7 Å². The molecule has 0 aromatic carbocycles. The van der Waals surface area contributed by atoms with E-state index in [2.05, 4.69) is 30.7 Å². The molecule has 2 aliphatic heterocycles. The van der Waals surface area contributed by atoms with E-state index in [-0.39, 0.29) is 31.1 Å². The molecule has 0 spiro atoms. The summed E-state index contributed by atoms with van der Waals surface area (Å²) in [6.07, 6.45) is 8.24. The van der Waals surface area contributed by atoms with Crippen LogP contribution in [0.4, 0.5) is 4.79 Å². The number of carbonyl (C=O) groups excluding carboxylic acids is 2. The molecule has 0 aliphatic carbocycles. The summed E-state index contributed by atoms with van der Waals surface area (Å²) in [5.41, 5.74) is 0.331. The van der Waals surface area contributed by atoms with Crippen molar-refractivity contribution in [3.63, 3.8) is 0 Å². The molecule has 1 aromatic rings. The Labute approximate surface area is 250 Å². The van der Waals surface area contributed by atoms with E-state index in [1.807, 2.05) is 56.4 Å². The third kappa shape index (κ3) is 9.78. The van der Waals surface area contributed by atoms with E-state index in [1.165, 1.54) is 0 Å². The number of amides is 1. The molecule has 9 heteroatoms. The van der Waals surface area contributed by atoms with Gasteiger partial charge in [0, 0.05) is 55.9 Å². The predicted molar refractivity (Wildman–Crippen MR) is 163 cm³/mol. The average Bonchev–Trinajstić information content (AvgIpc) is 2.96. The first-order valence-corrected chi connectivity index (χ1v) is 15.1. The van der Waals surface area contributed by atoms with Gasteiger partial charge in [0.15, 0.2) is 6.10 Å². The second-order valence-electron chi connectivity index (χ2n) is 12.2. The van der Waals surface area contributed by atoms with Crippen molar-refractivity contribution in [1.82, 2.24) is 14.8 Å². The van der Waals surface area contributed by atoms with Crippen LogP contribution >= 0.6 is 0 Å². The monoisotopic (exact) mass is 583 g/mol. The Kier molecular flexibility index (Phi) is 12.3. The fourth-order valence-electron chi connectivity index (χ4n) is 5.27. The van der Waals surface area contributed by atoms with Crippen LogP contribution in [-0.2, 0) is 14.3 Å². The molecule has 1 fully saturated rings. The van der Waals surface area contributed by atoms with Gasteiger partial charge in [0.2, 0.25) is 0 Å². The Bertz CT molecular complexity index is 1110. The average molecular weight is 584 g/mol. The molecule has 3 heterocycles. The Morgan fingerprint density at radius 3 is 2.55 bits per heavy atom. The predicted octanol–water partition coefficient (Wildman–Crippen LogP) is 4.62. The lowest BCUT2D eigenvalue weighted by atomic mass is 9.88. The fraction of sp³-hybridized carbons (Fsp3) is 0.606. The van der Waals surface area contributed by atoms with Crippen LogP contribution < -0.4 is 0 Å². The number of allylic oxidation sites excluding steroid dienone is 3. The minimum absolute atomic E-state index is 0.104. The van der Waals surface area contributed by atoms with Gasteiger partial charge in [-0.25, -0.2) is 4.79 Å². The number of aromatic nitrogens is 1. The minimum atomic E-state index is -1.44. The molecule has 232 valence electrons. The second kappa shape index (κ2) is 15.5. The van der Waals surface area contributed by atoms with Gasteiger partial charge < -0.3 is 24.6 Å². The Morgan fingerprint density at radius 2 is 1.90 bits per heavy atom. The molecule has 0 unspecified atom stereocenters. The number of cyclic esters (lactones) is 1. The van der Waals surface area contributed by atoms with Gasteiger partial charge in [-0.05, 0) is 64.3 Å². The molecule has 2 N–H and O–H groups in total. The first-order valence-electron chi connectivity index (χ1n) is 15.1. The van der Waals surface area contributed by atoms with Crippen molar-refractivity contribution in [2.75, 3.05) is 26.2 Å². The summed E-state index contributed by atoms with van der Waals surface area (Å²) in [5, 5.41) is 21.9. The largest absolute Gasteiger partial charge is 0.457 e. The van der Waals surface area contributed by atoms with Gasteiger partial charge in [-0.3, -0.25) is 14.7 Å². The standard InChI is InChI=1S/C33H49N3O6/c1-23(2)35-18-20-36(21-19-35)32(39)41-29-14-13-26(5)31(42-30(38)22-27(37)15-16-33(29,6)40)25(4)11-9-10-24(3)28-12-7-8-17-34-28/h7-14,17,23-24,26-27,29,31,37,40H,15-16,18-22H2,1-6H3/b10-9+,14-13-,25-11+/t24-,26-,27+,29+,31+,33-/m1/s1. The normalized spacial score (nSPS) is 30.4. The SMILES string of the molecule is C/C(=C\C=C\[C@@H](C)c1ccccn1)[C@@H]1OC(=O)C[C@@H](O)CC[C@@](C)(O)[C@@H](OC(=O)N2CCN(C(C)C)CC2)/C=C\[C@H]1C. The lowest BCUT2D eigenvalue weighted by molar-refractivity contribution is -0.151.